The van der Waals surface area contributed by atoms with Crippen LogP contribution < -0.4 is 5.32 Å². The van der Waals surface area contributed by atoms with Crippen molar-refractivity contribution in [1.82, 2.24) is 35.2 Å². The molecule has 3 aromatic heterocycles. The summed E-state index contributed by atoms with van der Waals surface area (Å²) < 4.78 is 1.87. The molecule has 0 saturated carbocycles. The fourth-order valence-electron chi connectivity index (χ4n) is 3.21. The monoisotopic (exact) mass is 335 g/mol. The molecule has 3 aromatic rings. The van der Waals surface area contributed by atoms with Gasteiger partial charge < -0.3 is 5.32 Å². The van der Waals surface area contributed by atoms with Crippen LogP contribution >= 0.6 is 0 Å². The number of hydrogen-bond acceptors (Lipinski definition) is 6. The summed E-state index contributed by atoms with van der Waals surface area (Å²) in [6, 6.07) is 8.42. The minimum absolute atomic E-state index is 0.311. The summed E-state index contributed by atoms with van der Waals surface area (Å²) in [6.45, 7) is 4.37. The number of nitrogens with one attached hydrogen (secondary N) is 1. The first-order valence-electron chi connectivity index (χ1n) is 8.51. The minimum Gasteiger partial charge on any atom is -0.314 e. The third-order valence-corrected chi connectivity index (χ3v) is 4.44. The maximum absolute atomic E-state index is 4.35. The largest absolute Gasteiger partial charge is 0.314 e. The molecule has 7 nitrogen and oxygen atoms in total. The van der Waals surface area contributed by atoms with Crippen LogP contribution in [0.2, 0.25) is 0 Å². The fourth-order valence-corrected chi connectivity index (χ4v) is 3.21. The molecule has 128 valence electrons. The maximum Gasteiger partial charge on any atom is 0.0967 e. The van der Waals surface area contributed by atoms with E-state index in [2.05, 4.69) is 36.6 Å². The lowest BCUT2D eigenvalue weighted by atomic mass is 10.1. The van der Waals surface area contributed by atoms with Gasteiger partial charge in [0.25, 0.3) is 0 Å². The highest BCUT2D eigenvalue weighted by molar-refractivity contribution is 5.16. The molecule has 1 saturated heterocycles. The molecule has 1 aliphatic heterocycles. The molecule has 4 heterocycles. The van der Waals surface area contributed by atoms with Gasteiger partial charge in [-0.05, 0) is 23.3 Å². The molecule has 1 unspecified atom stereocenters. The highest BCUT2D eigenvalue weighted by Gasteiger charge is 2.24. The van der Waals surface area contributed by atoms with E-state index in [1.807, 2.05) is 47.7 Å². The van der Waals surface area contributed by atoms with Crippen LogP contribution in [0.15, 0.2) is 55.2 Å². The molecule has 1 fully saturated rings. The fraction of sp³-hybridized carbons (Fsp3) is 0.333. The van der Waals surface area contributed by atoms with Crippen LogP contribution in [0, 0.1) is 0 Å². The lowest BCUT2D eigenvalue weighted by Crippen LogP contribution is -2.45. The first-order chi connectivity index (χ1) is 12.4. The summed E-state index contributed by atoms with van der Waals surface area (Å²) >= 11 is 0. The van der Waals surface area contributed by atoms with Crippen LogP contribution in [0.1, 0.15) is 22.9 Å². The van der Waals surface area contributed by atoms with Gasteiger partial charge >= 0.3 is 0 Å². The topological polar surface area (TPSA) is 71.8 Å². The van der Waals surface area contributed by atoms with Crippen molar-refractivity contribution in [1.29, 1.82) is 0 Å². The first-order valence-corrected chi connectivity index (χ1v) is 8.51. The van der Waals surface area contributed by atoms with Crippen molar-refractivity contribution >= 4 is 0 Å². The van der Waals surface area contributed by atoms with Gasteiger partial charge in [0, 0.05) is 57.0 Å². The molecule has 25 heavy (non-hydrogen) atoms. The summed E-state index contributed by atoms with van der Waals surface area (Å²) in [5, 5.41) is 12.1. The van der Waals surface area contributed by atoms with Gasteiger partial charge in [0.15, 0.2) is 0 Å². The van der Waals surface area contributed by atoms with Gasteiger partial charge in [-0.25, -0.2) is 4.68 Å². The van der Waals surface area contributed by atoms with Gasteiger partial charge in [-0.1, -0.05) is 17.3 Å². The number of nitrogens with zero attached hydrogens (tertiary/aromatic N) is 6. The zero-order chi connectivity index (χ0) is 16.9. The van der Waals surface area contributed by atoms with Crippen LogP contribution in [-0.4, -0.2) is 49.5 Å². The number of rotatable bonds is 5. The van der Waals surface area contributed by atoms with Crippen LogP contribution in [0.4, 0.5) is 0 Å². The van der Waals surface area contributed by atoms with E-state index in [-0.39, 0.29) is 0 Å². The lowest BCUT2D eigenvalue weighted by molar-refractivity contribution is 0.151. The van der Waals surface area contributed by atoms with Crippen molar-refractivity contribution in [3.63, 3.8) is 0 Å². The molecule has 1 N–H and O–H groups in total. The molecule has 0 amide bonds. The molecule has 0 aliphatic carbocycles. The smallest absolute Gasteiger partial charge is 0.0967 e. The van der Waals surface area contributed by atoms with Crippen molar-refractivity contribution in [2.75, 3.05) is 19.6 Å². The molecule has 0 bridgehead atoms. The van der Waals surface area contributed by atoms with Gasteiger partial charge in [0.05, 0.1) is 18.4 Å². The van der Waals surface area contributed by atoms with E-state index < -0.39 is 0 Å². The minimum atomic E-state index is 0.311. The Labute approximate surface area is 146 Å². The molecule has 7 heteroatoms. The van der Waals surface area contributed by atoms with E-state index in [0.29, 0.717) is 12.6 Å². The van der Waals surface area contributed by atoms with Crippen LogP contribution in [0.25, 0.3) is 0 Å². The van der Waals surface area contributed by atoms with E-state index in [4.69, 9.17) is 0 Å². The van der Waals surface area contributed by atoms with Crippen LogP contribution in [0.3, 0.4) is 0 Å². The van der Waals surface area contributed by atoms with E-state index in [1.165, 1.54) is 5.56 Å². The summed E-state index contributed by atoms with van der Waals surface area (Å²) in [5.41, 5.74) is 3.34. The molecule has 0 aromatic carbocycles. The Balaban J connectivity index is 1.45. The van der Waals surface area contributed by atoms with Gasteiger partial charge in [-0.3, -0.25) is 14.9 Å². The zero-order valence-electron chi connectivity index (χ0n) is 14.0. The Morgan fingerprint density at radius 1 is 1.08 bits per heavy atom. The SMILES string of the molecule is c1cncc(Cn2cc(CN3CCNCC3c3cccnc3)nn2)c1. The van der Waals surface area contributed by atoms with Crippen LogP contribution in [-0.2, 0) is 13.1 Å². The number of piperazine rings is 1. The highest BCUT2D eigenvalue weighted by atomic mass is 15.4. The van der Waals surface area contributed by atoms with Crippen molar-refractivity contribution in [3.05, 3.63) is 72.1 Å². The molecule has 0 spiro atoms. The summed E-state index contributed by atoms with van der Waals surface area (Å²) in [5.74, 6) is 0. The Morgan fingerprint density at radius 3 is 2.76 bits per heavy atom. The van der Waals surface area contributed by atoms with Crippen LogP contribution in [0.5, 0.6) is 0 Å². The average Bonchev–Trinajstić information content (AvgIpc) is 3.10. The maximum atomic E-state index is 4.35. The second kappa shape index (κ2) is 7.50. The number of aromatic nitrogens is 5. The van der Waals surface area contributed by atoms with Gasteiger partial charge in [-0.15, -0.1) is 5.10 Å². The zero-order valence-corrected chi connectivity index (χ0v) is 14.0. The normalized spacial score (nSPS) is 18.3. The molecule has 0 radical (unpaired) electrons. The van der Waals surface area contributed by atoms with Crippen molar-refractivity contribution < 1.29 is 0 Å². The molecule has 1 atom stereocenters. The molecule has 1 aliphatic rings. The summed E-state index contributed by atoms with van der Waals surface area (Å²) in [6.07, 6.45) is 9.42. The third-order valence-electron chi connectivity index (χ3n) is 4.44. The first kappa shape index (κ1) is 15.9. The predicted molar refractivity (Wildman–Crippen MR) is 93.6 cm³/mol. The number of pyridine rings is 2. The molecular formula is C18H21N7. The van der Waals surface area contributed by atoms with E-state index in [1.54, 1.807) is 6.20 Å². The van der Waals surface area contributed by atoms with E-state index in [9.17, 15) is 0 Å². The summed E-state index contributed by atoms with van der Waals surface area (Å²) in [7, 11) is 0. The van der Waals surface area contributed by atoms with Gasteiger partial charge in [0.1, 0.15) is 0 Å². The second-order valence-corrected chi connectivity index (χ2v) is 6.25. The highest BCUT2D eigenvalue weighted by Crippen LogP contribution is 2.22. The Kier molecular flexibility index (Phi) is 4.76. The Bertz CT molecular complexity index is 787. The Morgan fingerprint density at radius 2 is 1.96 bits per heavy atom. The second-order valence-electron chi connectivity index (χ2n) is 6.25. The Hall–Kier alpha value is -2.64. The molecular weight excluding hydrogens is 314 g/mol. The molecule has 4 rings (SSSR count). The van der Waals surface area contributed by atoms with E-state index in [0.717, 1.165) is 37.4 Å². The van der Waals surface area contributed by atoms with Gasteiger partial charge in [0.2, 0.25) is 0 Å². The summed E-state index contributed by atoms with van der Waals surface area (Å²) in [4.78, 5) is 10.8. The lowest BCUT2D eigenvalue weighted by Gasteiger charge is -2.35. The van der Waals surface area contributed by atoms with Crippen molar-refractivity contribution in [2.24, 2.45) is 0 Å². The average molecular weight is 335 g/mol. The quantitative estimate of drug-likeness (QED) is 0.757. The van der Waals surface area contributed by atoms with Crippen molar-refractivity contribution in [3.8, 4) is 0 Å². The van der Waals surface area contributed by atoms with Gasteiger partial charge in [-0.2, -0.15) is 0 Å². The third kappa shape index (κ3) is 3.89. The number of hydrogen-bond donors (Lipinski definition) is 1. The predicted octanol–water partition coefficient (Wildman–Crippen LogP) is 1.26. The van der Waals surface area contributed by atoms with E-state index >= 15 is 0 Å². The van der Waals surface area contributed by atoms with Crippen molar-refractivity contribution in [2.45, 2.75) is 19.1 Å². The standard InChI is InChI=1S/C18H21N7/c1-3-15(9-19-5-1)12-25-14-17(22-23-25)13-24-8-7-21-11-18(24)16-4-2-6-20-10-16/h1-6,9-10,14,18,21H,7-8,11-13H2.